The summed E-state index contributed by atoms with van der Waals surface area (Å²) in [6.07, 6.45) is 2.32. The number of rotatable bonds is 0. The normalized spacial score (nSPS) is 10.9. The van der Waals surface area contributed by atoms with Gasteiger partial charge < -0.3 is 19.7 Å². The summed E-state index contributed by atoms with van der Waals surface area (Å²) in [7, 11) is -2.67. The molecule has 0 aliphatic rings. The number of sulfone groups is 1. The van der Waals surface area contributed by atoms with Crippen LogP contribution in [0.25, 0.3) is 0 Å². The Morgan fingerprint density at radius 1 is 1.00 bits per heavy atom. The van der Waals surface area contributed by atoms with Gasteiger partial charge in [0.15, 0.2) is 0 Å². The van der Waals surface area contributed by atoms with Crippen molar-refractivity contribution in [1.29, 1.82) is 0 Å². The molecule has 0 aromatic carbocycles. The Hall–Kier alpha value is 2.27. The summed E-state index contributed by atoms with van der Waals surface area (Å²) >= 11 is 0. The molecular formula is C2H6Na2O2S. The van der Waals surface area contributed by atoms with Crippen LogP contribution in [0.2, 0.25) is 0 Å². The quantitative estimate of drug-likeness (QED) is 0.315. The van der Waals surface area contributed by atoms with Crippen molar-refractivity contribution >= 4 is 10.6 Å². The Labute approximate surface area is 90.0 Å². The van der Waals surface area contributed by atoms with Crippen LogP contribution in [0.3, 0.4) is 0 Å². The summed E-state index contributed by atoms with van der Waals surface area (Å²) in [6, 6.07) is 0. The maximum Gasteiger partial charge on any atom is 1.00 e. The van der Waals surface area contributed by atoms with E-state index in [1.807, 2.05) is 0 Å². The van der Waals surface area contributed by atoms with Crippen LogP contribution in [-0.2, 0) is 0 Å². The fraction of sp³-hybridized carbons (Fsp3) is 1.00. The molecule has 7 heavy (non-hydrogen) atoms. The largest absolute Gasteiger partial charge is 1.00 e. The summed E-state index contributed by atoms with van der Waals surface area (Å²) in [4.78, 5) is 0. The van der Waals surface area contributed by atoms with Crippen molar-refractivity contribution in [1.82, 2.24) is 0 Å². The summed E-state index contributed by atoms with van der Waals surface area (Å²) in [5.41, 5.74) is 0. The van der Waals surface area contributed by atoms with Gasteiger partial charge in [-0.3, -0.25) is 0 Å². The third-order valence-electron chi connectivity index (χ3n) is 0. The zero-order chi connectivity index (χ0) is 4.50. The molecule has 0 saturated heterocycles. The van der Waals surface area contributed by atoms with Crippen LogP contribution in [0, 0.1) is 0 Å². The molecule has 0 bridgehead atoms. The zero-order valence-electron chi connectivity index (χ0n) is 5.22. The molecule has 0 unspecified atom stereocenters. The molecule has 0 N–H and O–H groups in total. The van der Waals surface area contributed by atoms with Gasteiger partial charge in [-0.2, -0.15) is 0 Å². The second-order valence-electron chi connectivity index (χ2n) is 1.14. The molecule has 2 nitrogen and oxygen atoms in total. The summed E-state index contributed by atoms with van der Waals surface area (Å²) < 4.78 is 19.3. The molecule has 0 fully saturated rings. The molecule has 0 aliphatic carbocycles. The van der Waals surface area contributed by atoms with Gasteiger partial charge in [-0.1, -0.05) is 0 Å². The molecule has 0 aliphatic heterocycles. The summed E-state index contributed by atoms with van der Waals surface area (Å²) in [6.45, 7) is 0. The first kappa shape index (κ1) is 16.1. The number of hydrogen-bond donors (Lipinski definition) is 0. The molecule has 0 aromatic heterocycles. The van der Waals surface area contributed by atoms with Crippen LogP contribution >= 0.6 is 10.6 Å². The average molecular weight is 140 g/mol. The van der Waals surface area contributed by atoms with E-state index in [4.69, 9.17) is 0 Å². The van der Waals surface area contributed by atoms with Gasteiger partial charge in [-0.25, -0.2) is 0 Å². The smallest absolute Gasteiger partial charge is 0.800 e. The standard InChI is InChI=1S/C2H8O2S.2Na/c1-5(2,3)4;;/h3-4H,1-2H3;;/q;2*+1/p-2. The SMILES string of the molecule is CS(C)([O-])[O-].[Na+].[Na+]. The van der Waals surface area contributed by atoms with E-state index in [-0.39, 0.29) is 59.1 Å². The van der Waals surface area contributed by atoms with Crippen molar-refractivity contribution in [2.75, 3.05) is 12.5 Å². The van der Waals surface area contributed by atoms with E-state index in [0.717, 1.165) is 12.5 Å². The van der Waals surface area contributed by atoms with Gasteiger partial charge in [0.1, 0.15) is 0 Å². The van der Waals surface area contributed by atoms with Crippen molar-refractivity contribution in [3.05, 3.63) is 0 Å². The van der Waals surface area contributed by atoms with Gasteiger partial charge in [0.2, 0.25) is 0 Å². The second-order valence-corrected chi connectivity index (χ2v) is 3.43. The first-order valence-corrected chi connectivity index (χ1v) is 3.45. The fourth-order valence-electron chi connectivity index (χ4n) is 0. The molecule has 0 aromatic rings. The van der Waals surface area contributed by atoms with Crippen LogP contribution in [0.1, 0.15) is 0 Å². The van der Waals surface area contributed by atoms with Crippen LogP contribution in [0.5, 0.6) is 0 Å². The van der Waals surface area contributed by atoms with Crippen molar-refractivity contribution in [2.24, 2.45) is 0 Å². The molecule has 0 radical (unpaired) electrons. The van der Waals surface area contributed by atoms with Crippen molar-refractivity contribution in [3.63, 3.8) is 0 Å². The van der Waals surface area contributed by atoms with Crippen molar-refractivity contribution < 1.29 is 68.2 Å². The minimum atomic E-state index is -2.67. The Morgan fingerprint density at radius 2 is 1.00 bits per heavy atom. The van der Waals surface area contributed by atoms with E-state index < -0.39 is 10.6 Å². The van der Waals surface area contributed by atoms with E-state index in [1.165, 1.54) is 0 Å². The Balaban J connectivity index is -0.0000000800. The Kier molecular flexibility index (Phi) is 14.7. The minimum Gasteiger partial charge on any atom is -0.800 e. The van der Waals surface area contributed by atoms with Gasteiger partial charge in [0, 0.05) is 0 Å². The molecule has 0 heterocycles. The van der Waals surface area contributed by atoms with E-state index in [2.05, 4.69) is 0 Å². The topological polar surface area (TPSA) is 46.1 Å². The monoisotopic (exact) mass is 140 g/mol. The maximum atomic E-state index is 9.63. The first-order chi connectivity index (χ1) is 2.00. The van der Waals surface area contributed by atoms with Crippen LogP contribution < -0.4 is 59.1 Å². The predicted octanol–water partition coefficient (Wildman–Crippen LogP) is -5.68. The third-order valence-corrected chi connectivity index (χ3v) is 0. The minimum absolute atomic E-state index is 0. The van der Waals surface area contributed by atoms with E-state index >= 15 is 0 Å². The van der Waals surface area contributed by atoms with E-state index in [0.29, 0.717) is 0 Å². The second kappa shape index (κ2) is 6.39. The average Bonchev–Trinajstić information content (AvgIpc) is 0.722. The van der Waals surface area contributed by atoms with Gasteiger partial charge in [-0.05, 0) is 12.5 Å². The van der Waals surface area contributed by atoms with Crippen molar-refractivity contribution in [3.8, 4) is 0 Å². The van der Waals surface area contributed by atoms with Crippen LogP contribution in [0.15, 0.2) is 0 Å². The molecule has 5 heteroatoms. The van der Waals surface area contributed by atoms with E-state index in [1.54, 1.807) is 0 Å². The number of hydrogen-bond acceptors (Lipinski definition) is 2. The zero-order valence-corrected chi connectivity index (χ0v) is 10.0. The van der Waals surface area contributed by atoms with Crippen LogP contribution in [0.4, 0.5) is 0 Å². The Bertz CT molecular complexity index is 29.2. The maximum absolute atomic E-state index is 9.63. The molecular weight excluding hydrogens is 134 g/mol. The molecule has 0 atom stereocenters. The van der Waals surface area contributed by atoms with Gasteiger partial charge in [-0.15, -0.1) is 0 Å². The molecule has 0 amide bonds. The van der Waals surface area contributed by atoms with Gasteiger partial charge in [0.25, 0.3) is 0 Å². The summed E-state index contributed by atoms with van der Waals surface area (Å²) in [5.74, 6) is 0. The summed E-state index contributed by atoms with van der Waals surface area (Å²) in [5, 5.41) is 0. The van der Waals surface area contributed by atoms with E-state index in [9.17, 15) is 9.11 Å². The predicted molar refractivity (Wildman–Crippen MR) is 21.0 cm³/mol. The third kappa shape index (κ3) is 63.1. The molecule has 34 valence electrons. The Morgan fingerprint density at radius 3 is 1.00 bits per heavy atom. The van der Waals surface area contributed by atoms with Gasteiger partial charge >= 0.3 is 59.1 Å². The van der Waals surface area contributed by atoms with Crippen molar-refractivity contribution in [2.45, 2.75) is 0 Å². The van der Waals surface area contributed by atoms with Crippen LogP contribution in [-0.4, -0.2) is 21.6 Å². The molecule has 0 spiro atoms. The first-order valence-electron chi connectivity index (χ1n) is 1.15. The molecule has 0 rings (SSSR count). The molecule has 0 saturated carbocycles. The fourth-order valence-corrected chi connectivity index (χ4v) is 0. The van der Waals surface area contributed by atoms with Gasteiger partial charge in [0.05, 0.1) is 0 Å².